The van der Waals surface area contributed by atoms with E-state index in [0.717, 1.165) is 20.5 Å². The Morgan fingerprint density at radius 3 is 2.89 bits per heavy atom. The number of hydrogen-bond acceptors (Lipinski definition) is 6. The van der Waals surface area contributed by atoms with Crippen molar-refractivity contribution in [3.05, 3.63) is 33.9 Å². The maximum absolute atomic E-state index is 5.97. The van der Waals surface area contributed by atoms with Gasteiger partial charge in [-0.3, -0.25) is 4.98 Å². The number of hydrogen-bond donors (Lipinski definition) is 1. The maximum atomic E-state index is 5.97. The first-order valence-corrected chi connectivity index (χ1v) is 7.11. The zero-order valence-electron chi connectivity index (χ0n) is 9.92. The van der Waals surface area contributed by atoms with E-state index in [9.17, 15) is 0 Å². The van der Waals surface area contributed by atoms with Gasteiger partial charge in [-0.2, -0.15) is 4.98 Å². The van der Waals surface area contributed by atoms with E-state index in [1.54, 1.807) is 12.4 Å². The van der Waals surface area contributed by atoms with Gasteiger partial charge in [0.25, 0.3) is 5.89 Å². The zero-order valence-corrected chi connectivity index (χ0v) is 12.3. The Bertz CT molecular complexity index is 737. The van der Waals surface area contributed by atoms with Crippen LogP contribution >= 0.6 is 27.3 Å². The summed E-state index contributed by atoms with van der Waals surface area (Å²) in [4.78, 5) is 9.24. The largest absolute Gasteiger partial charge is 0.397 e. The second kappa shape index (κ2) is 4.75. The molecule has 96 valence electrons. The van der Waals surface area contributed by atoms with Gasteiger partial charge in [0.15, 0.2) is 0 Å². The first kappa shape index (κ1) is 12.3. The molecule has 7 heteroatoms. The summed E-state index contributed by atoms with van der Waals surface area (Å²) < 4.78 is 6.13. The Kier molecular flexibility index (Phi) is 3.08. The molecule has 0 aliphatic rings. The number of anilines is 1. The lowest BCUT2D eigenvalue weighted by Gasteiger charge is -1.94. The van der Waals surface area contributed by atoms with Crippen LogP contribution in [-0.2, 0) is 0 Å². The summed E-state index contributed by atoms with van der Waals surface area (Å²) >= 11 is 4.85. The van der Waals surface area contributed by atoms with E-state index in [-0.39, 0.29) is 0 Å². The van der Waals surface area contributed by atoms with Crippen LogP contribution in [0.25, 0.3) is 22.2 Å². The fourth-order valence-corrected chi connectivity index (χ4v) is 2.84. The average Bonchev–Trinajstić information content (AvgIpc) is 2.98. The van der Waals surface area contributed by atoms with Crippen LogP contribution in [0.2, 0.25) is 0 Å². The van der Waals surface area contributed by atoms with E-state index < -0.39 is 0 Å². The molecule has 19 heavy (non-hydrogen) atoms. The molecule has 0 aliphatic heterocycles. The van der Waals surface area contributed by atoms with Gasteiger partial charge < -0.3 is 10.3 Å². The topological polar surface area (TPSA) is 77.8 Å². The van der Waals surface area contributed by atoms with Gasteiger partial charge in [-0.15, -0.1) is 11.3 Å². The highest BCUT2D eigenvalue weighted by Crippen LogP contribution is 2.34. The molecular weight excluding hydrogens is 328 g/mol. The standard InChI is InChI=1S/C12H9BrN4OS/c1-6-5-19-10(9(6)14)12-16-11(17-18-12)7-2-8(13)4-15-3-7/h2-5H,14H2,1H3. The van der Waals surface area contributed by atoms with Gasteiger partial charge in [-0.1, -0.05) is 5.16 Å². The van der Waals surface area contributed by atoms with Gasteiger partial charge >= 0.3 is 0 Å². The maximum Gasteiger partial charge on any atom is 0.270 e. The highest BCUT2D eigenvalue weighted by atomic mass is 79.9. The van der Waals surface area contributed by atoms with Crippen molar-refractivity contribution in [3.8, 4) is 22.2 Å². The molecule has 0 aliphatic carbocycles. The van der Waals surface area contributed by atoms with E-state index >= 15 is 0 Å². The van der Waals surface area contributed by atoms with Gasteiger partial charge in [0.05, 0.1) is 5.69 Å². The van der Waals surface area contributed by atoms with E-state index in [1.807, 2.05) is 18.4 Å². The lowest BCUT2D eigenvalue weighted by molar-refractivity contribution is 0.433. The number of halogens is 1. The first-order valence-electron chi connectivity index (χ1n) is 5.43. The number of rotatable bonds is 2. The third-order valence-corrected chi connectivity index (χ3v) is 4.14. The van der Waals surface area contributed by atoms with Crippen LogP contribution in [0.15, 0.2) is 32.8 Å². The minimum Gasteiger partial charge on any atom is -0.397 e. The van der Waals surface area contributed by atoms with Crippen LogP contribution in [0.5, 0.6) is 0 Å². The van der Waals surface area contributed by atoms with Crippen LogP contribution in [0.3, 0.4) is 0 Å². The molecular formula is C12H9BrN4OS. The Balaban J connectivity index is 2.02. The van der Waals surface area contributed by atoms with E-state index in [1.165, 1.54) is 11.3 Å². The van der Waals surface area contributed by atoms with E-state index in [4.69, 9.17) is 10.3 Å². The summed E-state index contributed by atoms with van der Waals surface area (Å²) in [6.07, 6.45) is 3.38. The van der Waals surface area contributed by atoms with Crippen LogP contribution in [0.1, 0.15) is 5.56 Å². The Hall–Kier alpha value is -1.73. The predicted molar refractivity (Wildman–Crippen MR) is 77.7 cm³/mol. The highest BCUT2D eigenvalue weighted by molar-refractivity contribution is 9.10. The molecule has 2 N–H and O–H groups in total. The summed E-state index contributed by atoms with van der Waals surface area (Å²) in [6.45, 7) is 1.95. The summed E-state index contributed by atoms with van der Waals surface area (Å²) in [5, 5.41) is 5.93. The van der Waals surface area contributed by atoms with E-state index in [0.29, 0.717) is 17.4 Å². The quantitative estimate of drug-likeness (QED) is 0.774. The first-order chi connectivity index (χ1) is 9.15. The molecule has 0 fully saturated rings. The lowest BCUT2D eigenvalue weighted by Crippen LogP contribution is -1.87. The molecule has 0 atom stereocenters. The molecule has 0 unspecified atom stereocenters. The molecule has 3 heterocycles. The summed E-state index contributed by atoms with van der Waals surface area (Å²) in [6, 6.07) is 1.88. The number of nitrogens with two attached hydrogens (primary N) is 1. The van der Waals surface area contributed by atoms with Gasteiger partial charge in [0.1, 0.15) is 4.88 Å². The Labute approximate surface area is 121 Å². The normalized spacial score (nSPS) is 10.8. The summed E-state index contributed by atoms with van der Waals surface area (Å²) in [5.74, 6) is 0.930. The monoisotopic (exact) mass is 336 g/mol. The summed E-state index contributed by atoms with van der Waals surface area (Å²) in [7, 11) is 0. The number of aromatic nitrogens is 3. The molecule has 0 radical (unpaired) electrons. The third kappa shape index (κ3) is 2.26. The fourth-order valence-electron chi connectivity index (χ4n) is 1.59. The van der Waals surface area contributed by atoms with Gasteiger partial charge in [0, 0.05) is 22.4 Å². The number of pyridine rings is 1. The van der Waals surface area contributed by atoms with Crippen molar-refractivity contribution >= 4 is 33.0 Å². The van der Waals surface area contributed by atoms with Crippen molar-refractivity contribution in [3.63, 3.8) is 0 Å². The number of nitrogens with zero attached hydrogens (tertiary/aromatic N) is 3. The van der Waals surface area contributed by atoms with Gasteiger partial charge in [-0.05, 0) is 39.9 Å². The second-order valence-electron chi connectivity index (χ2n) is 3.98. The van der Waals surface area contributed by atoms with Gasteiger partial charge in [-0.25, -0.2) is 0 Å². The number of thiophene rings is 1. The van der Waals surface area contributed by atoms with Crippen molar-refractivity contribution in [2.75, 3.05) is 5.73 Å². The SMILES string of the molecule is Cc1csc(-c2nc(-c3cncc(Br)c3)no2)c1N. The number of aryl methyl sites for hydroxylation is 1. The molecule has 0 saturated heterocycles. The average molecular weight is 337 g/mol. The molecule has 0 saturated carbocycles. The van der Waals surface area contributed by atoms with Crippen LogP contribution < -0.4 is 5.73 Å². The molecule has 0 spiro atoms. The second-order valence-corrected chi connectivity index (χ2v) is 5.77. The van der Waals surface area contributed by atoms with E-state index in [2.05, 4.69) is 31.1 Å². The Morgan fingerprint density at radius 2 is 2.21 bits per heavy atom. The minimum absolute atomic E-state index is 0.436. The van der Waals surface area contributed by atoms with Crippen molar-refractivity contribution in [2.24, 2.45) is 0 Å². The predicted octanol–water partition coefficient (Wildman–Crippen LogP) is 3.51. The van der Waals surface area contributed by atoms with Crippen molar-refractivity contribution in [2.45, 2.75) is 6.92 Å². The molecule has 3 rings (SSSR count). The fraction of sp³-hybridized carbons (Fsp3) is 0.0833. The molecule has 5 nitrogen and oxygen atoms in total. The summed E-state index contributed by atoms with van der Waals surface area (Å²) in [5.41, 5.74) is 8.46. The lowest BCUT2D eigenvalue weighted by atomic mass is 10.2. The van der Waals surface area contributed by atoms with Crippen LogP contribution in [0.4, 0.5) is 5.69 Å². The highest BCUT2D eigenvalue weighted by Gasteiger charge is 2.16. The molecule has 0 bridgehead atoms. The van der Waals surface area contributed by atoms with Crippen molar-refractivity contribution in [1.82, 2.24) is 15.1 Å². The zero-order chi connectivity index (χ0) is 13.4. The third-order valence-electron chi connectivity index (χ3n) is 2.61. The minimum atomic E-state index is 0.436. The van der Waals surface area contributed by atoms with Crippen molar-refractivity contribution < 1.29 is 4.52 Å². The van der Waals surface area contributed by atoms with Gasteiger partial charge in [0.2, 0.25) is 5.82 Å². The molecule has 0 amide bonds. The number of nitrogen functional groups attached to an aromatic ring is 1. The molecule has 0 aromatic carbocycles. The molecule has 3 aromatic heterocycles. The van der Waals surface area contributed by atoms with Crippen LogP contribution in [0, 0.1) is 6.92 Å². The molecule has 3 aromatic rings. The smallest absolute Gasteiger partial charge is 0.270 e. The van der Waals surface area contributed by atoms with Crippen molar-refractivity contribution in [1.29, 1.82) is 0 Å². The van der Waals surface area contributed by atoms with Crippen LogP contribution in [-0.4, -0.2) is 15.1 Å². The Morgan fingerprint density at radius 1 is 1.37 bits per heavy atom.